The van der Waals surface area contributed by atoms with Gasteiger partial charge >= 0.3 is 5.69 Å². The number of anilines is 1. The average molecular weight is 306 g/mol. The van der Waals surface area contributed by atoms with Crippen molar-refractivity contribution in [1.82, 2.24) is 20.2 Å². The lowest BCUT2D eigenvalue weighted by molar-refractivity contribution is -0.385. The SMILES string of the molecule is CCOc1ccc(C(=O)Nc2nnn(CC)n2)cc1[N+](=O)[O-]. The highest BCUT2D eigenvalue weighted by molar-refractivity contribution is 6.03. The van der Waals surface area contributed by atoms with Crippen LogP contribution in [0.3, 0.4) is 0 Å². The number of tetrazole rings is 1. The van der Waals surface area contributed by atoms with Crippen LogP contribution in [0.2, 0.25) is 0 Å². The lowest BCUT2D eigenvalue weighted by atomic mass is 10.1. The van der Waals surface area contributed by atoms with Crippen LogP contribution in [0.1, 0.15) is 24.2 Å². The third-order valence-corrected chi connectivity index (χ3v) is 2.68. The fourth-order valence-electron chi connectivity index (χ4n) is 1.68. The number of hydrogen-bond donors (Lipinski definition) is 1. The first kappa shape index (κ1) is 15.4. The van der Waals surface area contributed by atoms with Crippen LogP contribution in [0.4, 0.5) is 11.6 Å². The van der Waals surface area contributed by atoms with Gasteiger partial charge in [0.15, 0.2) is 5.75 Å². The highest BCUT2D eigenvalue weighted by atomic mass is 16.6. The molecule has 0 saturated carbocycles. The maximum atomic E-state index is 12.1. The zero-order valence-corrected chi connectivity index (χ0v) is 12.0. The number of carbonyl (C=O) groups excluding carboxylic acids is 1. The molecule has 10 heteroatoms. The van der Waals surface area contributed by atoms with Crippen molar-refractivity contribution in [3.05, 3.63) is 33.9 Å². The number of ether oxygens (including phenoxy) is 1. The molecule has 10 nitrogen and oxygen atoms in total. The number of aryl methyl sites for hydroxylation is 1. The van der Waals surface area contributed by atoms with Gasteiger partial charge in [0.1, 0.15) is 0 Å². The molecule has 2 rings (SSSR count). The minimum absolute atomic E-state index is 0.0309. The van der Waals surface area contributed by atoms with Crippen molar-refractivity contribution >= 4 is 17.5 Å². The van der Waals surface area contributed by atoms with Crippen LogP contribution in [-0.4, -0.2) is 37.6 Å². The van der Waals surface area contributed by atoms with E-state index in [4.69, 9.17) is 4.74 Å². The molecule has 0 aliphatic carbocycles. The van der Waals surface area contributed by atoms with E-state index in [1.165, 1.54) is 16.9 Å². The molecule has 1 N–H and O–H groups in total. The van der Waals surface area contributed by atoms with Crippen LogP contribution in [-0.2, 0) is 6.54 Å². The third kappa shape index (κ3) is 3.34. The zero-order valence-electron chi connectivity index (χ0n) is 12.0. The van der Waals surface area contributed by atoms with Crippen molar-refractivity contribution in [2.45, 2.75) is 20.4 Å². The molecule has 1 amide bonds. The van der Waals surface area contributed by atoms with Crippen molar-refractivity contribution in [2.24, 2.45) is 0 Å². The van der Waals surface area contributed by atoms with E-state index in [0.29, 0.717) is 6.54 Å². The second-order valence-corrected chi connectivity index (χ2v) is 4.13. The van der Waals surface area contributed by atoms with Crippen molar-refractivity contribution in [2.75, 3.05) is 11.9 Å². The molecule has 22 heavy (non-hydrogen) atoms. The minimum Gasteiger partial charge on any atom is -0.487 e. The Morgan fingerprint density at radius 1 is 1.45 bits per heavy atom. The van der Waals surface area contributed by atoms with Gasteiger partial charge in [-0.2, -0.15) is 4.80 Å². The van der Waals surface area contributed by atoms with Gasteiger partial charge in [0.05, 0.1) is 18.1 Å². The minimum atomic E-state index is -0.604. The topological polar surface area (TPSA) is 125 Å². The standard InChI is InChI=1S/C12H14N6O4/c1-3-17-15-12(14-16-17)13-11(19)8-5-6-10(22-4-2)9(7-8)18(20)21/h5-7H,3-4H2,1-2H3,(H,13,15,19). The summed E-state index contributed by atoms with van der Waals surface area (Å²) in [6, 6.07) is 3.95. The molecule has 0 bridgehead atoms. The highest BCUT2D eigenvalue weighted by Gasteiger charge is 2.19. The molecular formula is C12H14N6O4. The Balaban J connectivity index is 2.22. The number of hydrogen-bond acceptors (Lipinski definition) is 7. The number of aromatic nitrogens is 4. The largest absolute Gasteiger partial charge is 0.487 e. The molecule has 0 atom stereocenters. The monoisotopic (exact) mass is 306 g/mol. The number of benzene rings is 1. The normalized spacial score (nSPS) is 10.3. The summed E-state index contributed by atoms with van der Waals surface area (Å²) in [7, 11) is 0. The number of nitrogens with one attached hydrogen (secondary N) is 1. The first-order valence-electron chi connectivity index (χ1n) is 6.55. The van der Waals surface area contributed by atoms with Gasteiger partial charge in [0.25, 0.3) is 11.9 Å². The van der Waals surface area contributed by atoms with E-state index in [1.54, 1.807) is 6.92 Å². The molecule has 0 aliphatic heterocycles. The van der Waals surface area contributed by atoms with E-state index < -0.39 is 10.8 Å². The van der Waals surface area contributed by atoms with E-state index in [0.717, 1.165) is 6.07 Å². The van der Waals surface area contributed by atoms with Gasteiger partial charge in [-0.05, 0) is 31.2 Å². The summed E-state index contributed by atoms with van der Waals surface area (Å²) in [5.41, 5.74) is -0.178. The lowest BCUT2D eigenvalue weighted by Gasteiger charge is -2.06. The van der Waals surface area contributed by atoms with Gasteiger partial charge in [-0.25, -0.2) is 0 Å². The Morgan fingerprint density at radius 2 is 2.23 bits per heavy atom. The van der Waals surface area contributed by atoms with Crippen LogP contribution in [0.15, 0.2) is 18.2 Å². The van der Waals surface area contributed by atoms with Crippen molar-refractivity contribution in [3.63, 3.8) is 0 Å². The molecule has 1 aromatic carbocycles. The fourth-order valence-corrected chi connectivity index (χ4v) is 1.68. The number of nitrogens with zero attached hydrogens (tertiary/aromatic N) is 5. The number of nitro groups is 1. The summed E-state index contributed by atoms with van der Waals surface area (Å²) in [6.07, 6.45) is 0. The summed E-state index contributed by atoms with van der Waals surface area (Å²) in [4.78, 5) is 23.8. The van der Waals surface area contributed by atoms with E-state index >= 15 is 0 Å². The molecule has 0 saturated heterocycles. The van der Waals surface area contributed by atoms with Gasteiger partial charge in [-0.15, -0.1) is 5.10 Å². The van der Waals surface area contributed by atoms with Crippen molar-refractivity contribution in [3.8, 4) is 5.75 Å². The Hall–Kier alpha value is -3.04. The lowest BCUT2D eigenvalue weighted by Crippen LogP contribution is -2.14. The van der Waals surface area contributed by atoms with Crippen LogP contribution < -0.4 is 10.1 Å². The third-order valence-electron chi connectivity index (χ3n) is 2.68. The number of carbonyl (C=O) groups is 1. The van der Waals surface area contributed by atoms with E-state index in [1.807, 2.05) is 6.92 Å². The number of rotatable bonds is 6. The first-order chi connectivity index (χ1) is 10.5. The molecule has 0 radical (unpaired) electrons. The Morgan fingerprint density at radius 3 is 2.82 bits per heavy atom. The highest BCUT2D eigenvalue weighted by Crippen LogP contribution is 2.28. The van der Waals surface area contributed by atoms with Gasteiger partial charge in [0.2, 0.25) is 0 Å². The Labute approximate surface area is 125 Å². The van der Waals surface area contributed by atoms with Crippen LogP contribution in [0, 0.1) is 10.1 Å². The molecule has 1 heterocycles. The summed E-state index contributed by atoms with van der Waals surface area (Å²) < 4.78 is 5.16. The number of nitro benzene ring substituents is 1. The molecule has 0 unspecified atom stereocenters. The van der Waals surface area contributed by atoms with E-state index in [-0.39, 0.29) is 29.6 Å². The number of amides is 1. The van der Waals surface area contributed by atoms with Gasteiger partial charge in [-0.3, -0.25) is 20.2 Å². The van der Waals surface area contributed by atoms with Crippen LogP contribution >= 0.6 is 0 Å². The second kappa shape index (κ2) is 6.61. The first-order valence-corrected chi connectivity index (χ1v) is 6.55. The van der Waals surface area contributed by atoms with E-state index in [2.05, 4.69) is 20.7 Å². The summed E-state index contributed by atoms with van der Waals surface area (Å²) in [5.74, 6) is -0.427. The predicted molar refractivity (Wildman–Crippen MR) is 75.7 cm³/mol. The molecule has 0 aliphatic rings. The van der Waals surface area contributed by atoms with Gasteiger partial charge in [-0.1, -0.05) is 5.10 Å². The maximum Gasteiger partial charge on any atom is 0.311 e. The van der Waals surface area contributed by atoms with Crippen LogP contribution in [0.5, 0.6) is 5.75 Å². The zero-order chi connectivity index (χ0) is 16.1. The molecule has 116 valence electrons. The quantitative estimate of drug-likeness (QED) is 0.628. The molecular weight excluding hydrogens is 292 g/mol. The molecule has 0 spiro atoms. The summed E-state index contributed by atoms with van der Waals surface area (Å²) in [5, 5.41) is 24.7. The van der Waals surface area contributed by atoms with Crippen molar-refractivity contribution in [1.29, 1.82) is 0 Å². The smallest absolute Gasteiger partial charge is 0.311 e. The second-order valence-electron chi connectivity index (χ2n) is 4.13. The fraction of sp³-hybridized carbons (Fsp3) is 0.333. The Bertz CT molecular complexity index is 699. The van der Waals surface area contributed by atoms with E-state index in [9.17, 15) is 14.9 Å². The molecule has 1 aromatic heterocycles. The maximum absolute atomic E-state index is 12.1. The molecule has 2 aromatic rings. The van der Waals surface area contributed by atoms with Crippen molar-refractivity contribution < 1.29 is 14.5 Å². The summed E-state index contributed by atoms with van der Waals surface area (Å²) >= 11 is 0. The molecule has 0 fully saturated rings. The summed E-state index contributed by atoms with van der Waals surface area (Å²) in [6.45, 7) is 4.34. The van der Waals surface area contributed by atoms with Crippen LogP contribution in [0.25, 0.3) is 0 Å². The van der Waals surface area contributed by atoms with Gasteiger partial charge in [0, 0.05) is 11.6 Å². The average Bonchev–Trinajstić information content (AvgIpc) is 2.95. The Kier molecular flexibility index (Phi) is 4.61. The predicted octanol–water partition coefficient (Wildman–Crippen LogP) is 1.25. The van der Waals surface area contributed by atoms with Gasteiger partial charge < -0.3 is 4.74 Å².